The summed E-state index contributed by atoms with van der Waals surface area (Å²) in [5, 5.41) is 5.35. The van der Waals surface area contributed by atoms with Crippen molar-refractivity contribution in [3.8, 4) is 5.88 Å². The SMILES string of the molecule is CCOC(=O)C12CC1C=CCCCCCC(N)C(=O)N1CC(Oc3nc4cc(F)ccc4c4ccccc34)CC1C(=O)N2. The van der Waals surface area contributed by atoms with E-state index in [1.54, 1.807) is 13.0 Å². The van der Waals surface area contributed by atoms with E-state index in [1.165, 1.54) is 17.0 Å². The molecule has 5 atom stereocenters. The van der Waals surface area contributed by atoms with Gasteiger partial charge in [-0.15, -0.1) is 0 Å². The number of allylic oxidation sites excluding steroid dienone is 1. The highest BCUT2D eigenvalue weighted by atomic mass is 19.1. The molecule has 1 aliphatic carbocycles. The number of nitrogens with zero attached hydrogens (tertiary/aromatic N) is 2. The molecule has 6 rings (SSSR count). The van der Waals surface area contributed by atoms with E-state index < -0.39 is 41.4 Å². The molecule has 10 heteroatoms. The van der Waals surface area contributed by atoms with E-state index in [1.807, 2.05) is 30.3 Å². The summed E-state index contributed by atoms with van der Waals surface area (Å²) in [4.78, 5) is 46.7. The number of esters is 1. The summed E-state index contributed by atoms with van der Waals surface area (Å²) in [6, 6.07) is 10.4. The van der Waals surface area contributed by atoms with Gasteiger partial charge in [-0.25, -0.2) is 14.2 Å². The molecule has 3 N–H and O–H groups in total. The van der Waals surface area contributed by atoms with Crippen LogP contribution in [-0.2, 0) is 19.1 Å². The highest BCUT2D eigenvalue weighted by Crippen LogP contribution is 2.46. The van der Waals surface area contributed by atoms with Crippen LogP contribution in [-0.4, -0.2) is 64.5 Å². The molecule has 2 aliphatic heterocycles. The highest BCUT2D eigenvalue weighted by molar-refractivity contribution is 6.07. The Bertz CT molecular complexity index is 1590. The van der Waals surface area contributed by atoms with Crippen molar-refractivity contribution in [3.05, 3.63) is 60.4 Å². The number of hydrogen-bond acceptors (Lipinski definition) is 7. The van der Waals surface area contributed by atoms with E-state index in [0.29, 0.717) is 24.2 Å². The Kier molecular flexibility index (Phi) is 8.05. The Morgan fingerprint density at radius 1 is 1.14 bits per heavy atom. The Morgan fingerprint density at radius 3 is 2.77 bits per heavy atom. The molecule has 0 radical (unpaired) electrons. The van der Waals surface area contributed by atoms with Crippen LogP contribution >= 0.6 is 0 Å². The molecule has 43 heavy (non-hydrogen) atoms. The minimum atomic E-state index is -1.15. The number of carbonyl (C=O) groups is 3. The number of amides is 2. The maximum absolute atomic E-state index is 14.1. The van der Waals surface area contributed by atoms with Gasteiger partial charge in [0.05, 0.1) is 24.7 Å². The zero-order valence-electron chi connectivity index (χ0n) is 24.3. The summed E-state index contributed by atoms with van der Waals surface area (Å²) in [6.45, 7) is 2.05. The third-order valence-corrected chi connectivity index (χ3v) is 8.83. The number of benzene rings is 2. The van der Waals surface area contributed by atoms with Crippen molar-refractivity contribution in [1.82, 2.24) is 15.2 Å². The third kappa shape index (κ3) is 5.68. The molecule has 2 amide bonds. The normalized spacial score (nSPS) is 28.0. The fourth-order valence-electron chi connectivity index (χ4n) is 6.43. The summed E-state index contributed by atoms with van der Waals surface area (Å²) in [5.41, 5.74) is 5.65. The van der Waals surface area contributed by atoms with Crippen LogP contribution in [0.5, 0.6) is 5.88 Å². The first kappa shape index (κ1) is 29.0. The van der Waals surface area contributed by atoms with Crippen molar-refractivity contribution in [2.45, 2.75) is 75.6 Å². The monoisotopic (exact) mass is 588 g/mol. The number of halogens is 1. The molecule has 226 valence electrons. The smallest absolute Gasteiger partial charge is 0.332 e. The van der Waals surface area contributed by atoms with Crippen molar-refractivity contribution < 1.29 is 28.2 Å². The van der Waals surface area contributed by atoms with Gasteiger partial charge in [0.1, 0.15) is 23.5 Å². The van der Waals surface area contributed by atoms with Crippen LogP contribution in [0.2, 0.25) is 0 Å². The average molecular weight is 589 g/mol. The van der Waals surface area contributed by atoms with Crippen molar-refractivity contribution in [3.63, 3.8) is 0 Å². The predicted octanol–water partition coefficient (Wildman–Crippen LogP) is 4.16. The van der Waals surface area contributed by atoms with Crippen molar-refractivity contribution in [2.75, 3.05) is 13.2 Å². The molecule has 1 saturated carbocycles. The van der Waals surface area contributed by atoms with Crippen molar-refractivity contribution >= 4 is 39.5 Å². The Balaban J connectivity index is 1.31. The van der Waals surface area contributed by atoms with Crippen LogP contribution in [0.1, 0.15) is 51.9 Å². The lowest BCUT2D eigenvalue weighted by Crippen LogP contribution is -2.55. The Morgan fingerprint density at radius 2 is 1.95 bits per heavy atom. The van der Waals surface area contributed by atoms with Crippen LogP contribution < -0.4 is 15.8 Å². The summed E-state index contributed by atoms with van der Waals surface area (Å²) in [5.74, 6) is -1.52. The van der Waals surface area contributed by atoms with Gasteiger partial charge in [0.2, 0.25) is 17.7 Å². The molecule has 3 heterocycles. The maximum atomic E-state index is 14.1. The number of carbonyl (C=O) groups excluding carboxylic acids is 3. The molecule has 2 fully saturated rings. The number of nitrogens with one attached hydrogen (secondary N) is 1. The number of rotatable bonds is 4. The minimum absolute atomic E-state index is 0.123. The van der Waals surface area contributed by atoms with E-state index in [0.717, 1.165) is 41.8 Å². The lowest BCUT2D eigenvalue weighted by molar-refractivity contribution is -0.150. The standard InChI is InChI=1S/C33H37FN4O5/c1-2-42-32(41)33-18-20(33)10-6-4-3-5-7-13-26(35)31(40)38-19-22(17-28(38)29(39)37-33)43-30-25-12-9-8-11-23(25)24-15-14-21(34)16-27(24)36-30/h6,8-12,14-16,20,22,26,28H,2-5,7,13,17-19,35H2,1H3,(H,37,39). The van der Waals surface area contributed by atoms with E-state index in [4.69, 9.17) is 15.2 Å². The fourth-order valence-corrected chi connectivity index (χ4v) is 6.43. The molecule has 1 saturated heterocycles. The zero-order valence-corrected chi connectivity index (χ0v) is 24.3. The summed E-state index contributed by atoms with van der Waals surface area (Å²) < 4.78 is 25.9. The highest BCUT2D eigenvalue weighted by Gasteiger charge is 2.62. The maximum Gasteiger partial charge on any atom is 0.332 e. The van der Waals surface area contributed by atoms with Crippen LogP contribution in [0.3, 0.4) is 0 Å². The lowest BCUT2D eigenvalue weighted by atomic mass is 10.1. The largest absolute Gasteiger partial charge is 0.472 e. The fraction of sp³-hybridized carbons (Fsp3) is 0.455. The van der Waals surface area contributed by atoms with Crippen molar-refractivity contribution in [1.29, 1.82) is 0 Å². The summed E-state index contributed by atoms with van der Waals surface area (Å²) >= 11 is 0. The quantitative estimate of drug-likeness (QED) is 0.267. The molecular weight excluding hydrogens is 551 g/mol. The predicted molar refractivity (Wildman–Crippen MR) is 160 cm³/mol. The number of aromatic nitrogens is 1. The first-order valence-electron chi connectivity index (χ1n) is 15.2. The summed E-state index contributed by atoms with van der Waals surface area (Å²) in [7, 11) is 0. The van der Waals surface area contributed by atoms with Gasteiger partial charge >= 0.3 is 5.97 Å². The molecule has 0 bridgehead atoms. The molecule has 1 aromatic heterocycles. The van der Waals surface area contributed by atoms with E-state index >= 15 is 0 Å². The minimum Gasteiger partial charge on any atom is -0.472 e. The Labute approximate surface area is 249 Å². The van der Waals surface area contributed by atoms with Crippen molar-refractivity contribution in [2.24, 2.45) is 11.7 Å². The van der Waals surface area contributed by atoms with E-state index in [9.17, 15) is 18.8 Å². The summed E-state index contributed by atoms with van der Waals surface area (Å²) in [6.07, 6.45) is 8.12. The Hall–Kier alpha value is -4.05. The van der Waals surface area contributed by atoms with Gasteiger partial charge in [0.15, 0.2) is 0 Å². The number of nitrogens with two attached hydrogens (primary N) is 1. The number of hydrogen-bond donors (Lipinski definition) is 2. The second-order valence-electron chi connectivity index (χ2n) is 11.8. The van der Waals surface area contributed by atoms with Gasteiger partial charge in [0, 0.05) is 29.2 Å². The first-order valence-corrected chi connectivity index (χ1v) is 15.2. The molecule has 5 unspecified atom stereocenters. The van der Waals surface area contributed by atoms with Gasteiger partial charge in [-0.3, -0.25) is 9.59 Å². The van der Waals surface area contributed by atoms with Gasteiger partial charge in [-0.2, -0.15) is 0 Å². The molecular formula is C33H37FN4O5. The van der Waals surface area contributed by atoms with Gasteiger partial charge in [0.25, 0.3) is 0 Å². The molecule has 0 spiro atoms. The van der Waals surface area contributed by atoms with Crippen LogP contribution in [0.4, 0.5) is 4.39 Å². The molecule has 2 aromatic carbocycles. The number of fused-ring (bicyclic) bond motifs is 5. The topological polar surface area (TPSA) is 124 Å². The molecule has 9 nitrogen and oxygen atoms in total. The second-order valence-corrected chi connectivity index (χ2v) is 11.8. The van der Waals surface area contributed by atoms with E-state index in [-0.39, 0.29) is 31.4 Å². The first-order chi connectivity index (χ1) is 20.8. The average Bonchev–Trinajstić information content (AvgIpc) is 3.53. The third-order valence-electron chi connectivity index (χ3n) is 8.83. The van der Waals surface area contributed by atoms with Crippen LogP contribution in [0, 0.1) is 11.7 Å². The van der Waals surface area contributed by atoms with Crippen LogP contribution in [0.25, 0.3) is 21.7 Å². The lowest BCUT2D eigenvalue weighted by Gasteiger charge is -2.28. The second kappa shape index (κ2) is 11.9. The number of ether oxygens (including phenoxy) is 2. The zero-order chi connectivity index (χ0) is 30.1. The van der Waals surface area contributed by atoms with Crippen LogP contribution in [0.15, 0.2) is 54.6 Å². The van der Waals surface area contributed by atoms with Gasteiger partial charge in [-0.05, 0) is 56.2 Å². The van der Waals surface area contributed by atoms with E-state index in [2.05, 4.69) is 16.4 Å². The molecule has 3 aromatic rings. The number of pyridine rings is 1. The molecule has 3 aliphatic rings. The van der Waals surface area contributed by atoms with Gasteiger partial charge < -0.3 is 25.4 Å². The van der Waals surface area contributed by atoms with Gasteiger partial charge in [-0.1, -0.05) is 43.2 Å².